The van der Waals surface area contributed by atoms with E-state index in [9.17, 15) is 24.9 Å². The van der Waals surface area contributed by atoms with Crippen LogP contribution in [0.2, 0.25) is 0 Å². The predicted octanol–water partition coefficient (Wildman–Crippen LogP) is 3.88. The number of fused-ring (bicyclic) bond motifs is 1. The number of likely N-dealkylation sites (tertiary alicyclic amines) is 1. The molecule has 4 N–H and O–H groups in total. The van der Waals surface area contributed by atoms with Crippen molar-refractivity contribution in [3.8, 4) is 0 Å². The molecule has 7 atom stereocenters. The summed E-state index contributed by atoms with van der Waals surface area (Å²) in [6.45, 7) is 4.56. The molecule has 1 saturated heterocycles. The summed E-state index contributed by atoms with van der Waals surface area (Å²) in [5.41, 5.74) is -0.429. The highest BCUT2D eigenvalue weighted by Crippen LogP contribution is 2.61. The van der Waals surface area contributed by atoms with Crippen LogP contribution in [-0.2, 0) is 9.53 Å². The first-order chi connectivity index (χ1) is 17.7. The first kappa shape index (κ1) is 28.2. The summed E-state index contributed by atoms with van der Waals surface area (Å²) in [6.07, 6.45) is 4.72. The van der Waals surface area contributed by atoms with Crippen LogP contribution >= 0.6 is 11.8 Å². The molecule has 1 aromatic rings. The van der Waals surface area contributed by atoms with E-state index >= 15 is 0 Å². The third-order valence-corrected chi connectivity index (χ3v) is 10.3. The number of hydrogen-bond acceptors (Lipinski definition) is 7. The van der Waals surface area contributed by atoms with E-state index in [-0.39, 0.29) is 48.8 Å². The summed E-state index contributed by atoms with van der Waals surface area (Å²) < 4.78 is 5.94. The summed E-state index contributed by atoms with van der Waals surface area (Å²) >= 11 is 1.59. The lowest BCUT2D eigenvalue weighted by Crippen LogP contribution is -2.61. The van der Waals surface area contributed by atoms with Gasteiger partial charge in [0, 0.05) is 29.0 Å². The zero-order valence-electron chi connectivity index (χ0n) is 22.2. The molecule has 1 heterocycles. The lowest BCUT2D eigenvalue weighted by molar-refractivity contribution is -0.186. The zero-order valence-corrected chi connectivity index (χ0v) is 23.0. The van der Waals surface area contributed by atoms with Gasteiger partial charge < -0.3 is 25.0 Å². The molecule has 1 aromatic carbocycles. The van der Waals surface area contributed by atoms with Gasteiger partial charge in [0.2, 0.25) is 5.91 Å². The third-order valence-electron chi connectivity index (χ3n) is 9.54. The van der Waals surface area contributed by atoms with Crippen LogP contribution in [0.3, 0.4) is 0 Å². The van der Waals surface area contributed by atoms with Crippen LogP contribution < -0.4 is 5.32 Å². The number of benzene rings is 1. The highest BCUT2D eigenvalue weighted by Gasteiger charge is 2.60. The second kappa shape index (κ2) is 11.5. The van der Waals surface area contributed by atoms with Crippen molar-refractivity contribution < 1.29 is 29.6 Å². The fourth-order valence-electron chi connectivity index (χ4n) is 7.42. The number of carbonyl (C=O) groups excluding carboxylic acids is 2. The molecule has 2 aliphatic carbocycles. The lowest BCUT2D eigenvalue weighted by Gasteiger charge is -2.60. The van der Waals surface area contributed by atoms with E-state index < -0.39 is 23.7 Å². The molecular formula is C28H42N2O6S. The normalized spacial score (nSPS) is 35.6. The van der Waals surface area contributed by atoms with Gasteiger partial charge in [-0.15, -0.1) is 11.8 Å². The quantitative estimate of drug-likeness (QED) is 0.392. The van der Waals surface area contributed by atoms with Crippen molar-refractivity contribution >= 4 is 29.4 Å². The second-order valence-corrected chi connectivity index (χ2v) is 12.4. The number of aliphatic hydroxyl groups is 3. The number of aliphatic hydroxyl groups excluding tert-OH is 3. The van der Waals surface area contributed by atoms with Gasteiger partial charge >= 0.3 is 6.09 Å². The van der Waals surface area contributed by atoms with Crippen LogP contribution in [0.5, 0.6) is 0 Å². The van der Waals surface area contributed by atoms with E-state index in [1.807, 2.05) is 37.4 Å². The lowest BCUT2D eigenvalue weighted by atomic mass is 9.46. The highest BCUT2D eigenvalue weighted by atomic mass is 32.2. The minimum atomic E-state index is -0.700. The van der Waals surface area contributed by atoms with Gasteiger partial charge in [0.1, 0.15) is 6.10 Å². The van der Waals surface area contributed by atoms with E-state index in [0.29, 0.717) is 37.9 Å². The highest BCUT2D eigenvalue weighted by molar-refractivity contribution is 7.98. The molecule has 0 bridgehead atoms. The monoisotopic (exact) mass is 534 g/mol. The maximum Gasteiger partial charge on any atom is 0.411 e. The average Bonchev–Trinajstić information content (AvgIpc) is 3.37. The van der Waals surface area contributed by atoms with Gasteiger partial charge in [-0.05, 0) is 80.2 Å². The van der Waals surface area contributed by atoms with Crippen LogP contribution in [0.15, 0.2) is 29.2 Å². The molecule has 3 aliphatic rings. The van der Waals surface area contributed by atoms with Gasteiger partial charge in [0.25, 0.3) is 0 Å². The summed E-state index contributed by atoms with van der Waals surface area (Å²) in [7, 11) is 0. The Morgan fingerprint density at radius 1 is 1.19 bits per heavy atom. The molecule has 1 aliphatic heterocycles. The van der Waals surface area contributed by atoms with Crippen molar-refractivity contribution in [2.45, 2.75) is 81.9 Å². The molecule has 8 nitrogen and oxygen atoms in total. The SMILES string of the molecule is CSc1cccc(NC(=O)OC2CCC3(C)C(CC(=O)N4CCCC4CO)C(O)CCC3C2(C)CO)c1. The molecule has 7 unspecified atom stereocenters. The second-order valence-electron chi connectivity index (χ2n) is 11.5. The van der Waals surface area contributed by atoms with Crippen molar-refractivity contribution in [1.82, 2.24) is 4.90 Å². The van der Waals surface area contributed by atoms with Gasteiger partial charge in [0.05, 0.1) is 25.4 Å². The minimum absolute atomic E-state index is 0.0154. The molecule has 0 radical (unpaired) electrons. The summed E-state index contributed by atoms with van der Waals surface area (Å²) in [4.78, 5) is 28.9. The first-order valence-electron chi connectivity index (χ1n) is 13.5. The largest absolute Gasteiger partial charge is 0.445 e. The number of carbonyl (C=O) groups is 2. The number of nitrogens with one attached hydrogen (secondary N) is 1. The van der Waals surface area contributed by atoms with Crippen molar-refractivity contribution in [1.29, 1.82) is 0 Å². The Hall–Kier alpha value is -1.81. The van der Waals surface area contributed by atoms with Crippen molar-refractivity contribution in [3.63, 3.8) is 0 Å². The maximum absolute atomic E-state index is 13.3. The number of rotatable bonds is 7. The van der Waals surface area contributed by atoms with Crippen LogP contribution in [0.25, 0.3) is 0 Å². The fourth-order valence-corrected chi connectivity index (χ4v) is 7.88. The number of hydrogen-bond donors (Lipinski definition) is 4. The zero-order chi connectivity index (χ0) is 26.8. The molecule has 9 heteroatoms. The van der Waals surface area contributed by atoms with Gasteiger partial charge in [-0.2, -0.15) is 0 Å². The van der Waals surface area contributed by atoms with E-state index in [1.165, 1.54) is 0 Å². The molecule has 3 fully saturated rings. The molecule has 0 aromatic heterocycles. The Bertz CT molecular complexity index is 978. The van der Waals surface area contributed by atoms with Crippen molar-refractivity contribution in [2.24, 2.45) is 22.7 Å². The van der Waals surface area contributed by atoms with Crippen LogP contribution in [-0.4, -0.2) is 76.5 Å². The third kappa shape index (κ3) is 5.51. The smallest absolute Gasteiger partial charge is 0.411 e. The van der Waals surface area contributed by atoms with E-state index in [4.69, 9.17) is 4.74 Å². The Kier molecular flexibility index (Phi) is 8.78. The Balaban J connectivity index is 1.49. The molecule has 0 spiro atoms. The molecule has 2 amide bonds. The molecule has 37 heavy (non-hydrogen) atoms. The number of ether oxygens (including phenoxy) is 1. The Morgan fingerprint density at radius 3 is 2.68 bits per heavy atom. The number of amides is 2. The predicted molar refractivity (Wildman–Crippen MR) is 143 cm³/mol. The van der Waals surface area contributed by atoms with Gasteiger partial charge in [-0.25, -0.2) is 4.79 Å². The summed E-state index contributed by atoms with van der Waals surface area (Å²) in [6, 6.07) is 7.42. The van der Waals surface area contributed by atoms with Crippen LogP contribution in [0, 0.1) is 22.7 Å². The number of thioether (sulfide) groups is 1. The van der Waals surface area contributed by atoms with Gasteiger partial charge in [0.15, 0.2) is 0 Å². The minimum Gasteiger partial charge on any atom is -0.445 e. The molecular weight excluding hydrogens is 492 g/mol. The van der Waals surface area contributed by atoms with E-state index in [2.05, 4.69) is 12.2 Å². The summed E-state index contributed by atoms with van der Waals surface area (Å²) in [5.74, 6) is -0.295. The Labute approximate surface area is 224 Å². The van der Waals surface area contributed by atoms with E-state index in [1.54, 1.807) is 16.7 Å². The van der Waals surface area contributed by atoms with Crippen LogP contribution in [0.1, 0.15) is 58.8 Å². The molecule has 2 saturated carbocycles. The Morgan fingerprint density at radius 2 is 1.97 bits per heavy atom. The first-order valence-corrected chi connectivity index (χ1v) is 14.7. The standard InChI is InChI=1S/C28H42N2O6S/c1-27-12-11-24(36-26(35)29-18-6-4-8-20(14-18)37-3)28(2,17-32)23(27)10-9-22(33)21(27)15-25(34)30-13-5-7-19(30)16-31/h4,6,8,14,19,21-24,31-33H,5,7,9-13,15-17H2,1-3H3,(H,29,35). The van der Waals surface area contributed by atoms with Gasteiger partial charge in [-0.1, -0.05) is 19.9 Å². The molecule has 4 rings (SSSR count). The topological polar surface area (TPSA) is 119 Å². The van der Waals surface area contributed by atoms with Crippen LogP contribution in [0.4, 0.5) is 10.5 Å². The fraction of sp³-hybridized carbons (Fsp3) is 0.714. The number of anilines is 1. The van der Waals surface area contributed by atoms with Crippen molar-refractivity contribution in [3.05, 3.63) is 24.3 Å². The van der Waals surface area contributed by atoms with Gasteiger partial charge in [-0.3, -0.25) is 10.1 Å². The average molecular weight is 535 g/mol. The van der Waals surface area contributed by atoms with E-state index in [0.717, 1.165) is 17.7 Å². The number of nitrogens with zero attached hydrogens (tertiary/aromatic N) is 1. The maximum atomic E-state index is 13.3. The van der Waals surface area contributed by atoms with Crippen molar-refractivity contribution in [2.75, 3.05) is 31.3 Å². The molecule has 206 valence electrons. The summed E-state index contributed by atoms with van der Waals surface area (Å²) in [5, 5.41) is 34.2.